The first kappa shape index (κ1) is 12.9. The average molecular weight is 214 g/mol. The maximum absolute atomic E-state index is 5.57. The van der Waals surface area contributed by atoms with E-state index in [1.165, 1.54) is 38.8 Å². The lowest BCUT2D eigenvalue weighted by Gasteiger charge is -2.22. The van der Waals surface area contributed by atoms with Gasteiger partial charge in [0.2, 0.25) is 0 Å². The van der Waals surface area contributed by atoms with Crippen LogP contribution < -0.4 is 5.32 Å². The van der Waals surface area contributed by atoms with Gasteiger partial charge in [-0.1, -0.05) is 0 Å². The smallest absolute Gasteiger partial charge is 0.0593 e. The lowest BCUT2D eigenvalue weighted by molar-refractivity contribution is 0.110. The topological polar surface area (TPSA) is 24.5 Å². The van der Waals surface area contributed by atoms with Crippen molar-refractivity contribution in [2.75, 3.05) is 46.9 Å². The highest BCUT2D eigenvalue weighted by Gasteiger charge is 2.11. The standard InChI is InChI=1S/C12H26N2O/c1-14(2)8-10-15-9-4-6-12-5-3-7-13-11-12/h12-13H,3-11H2,1-2H3. The van der Waals surface area contributed by atoms with Gasteiger partial charge in [-0.25, -0.2) is 0 Å². The van der Waals surface area contributed by atoms with E-state index in [4.69, 9.17) is 4.74 Å². The lowest BCUT2D eigenvalue weighted by atomic mass is 9.95. The van der Waals surface area contributed by atoms with Crippen molar-refractivity contribution >= 4 is 0 Å². The summed E-state index contributed by atoms with van der Waals surface area (Å²) >= 11 is 0. The molecule has 0 aromatic carbocycles. The van der Waals surface area contributed by atoms with Gasteiger partial charge >= 0.3 is 0 Å². The predicted octanol–water partition coefficient (Wildman–Crippen LogP) is 1.34. The molecule has 0 radical (unpaired) electrons. The molecule has 0 aromatic rings. The third-order valence-electron chi connectivity index (χ3n) is 2.98. The lowest BCUT2D eigenvalue weighted by Crippen LogP contribution is -2.29. The van der Waals surface area contributed by atoms with Gasteiger partial charge in [0.05, 0.1) is 6.61 Å². The van der Waals surface area contributed by atoms with Crippen molar-refractivity contribution in [1.29, 1.82) is 0 Å². The van der Waals surface area contributed by atoms with Crippen LogP contribution in [0.5, 0.6) is 0 Å². The van der Waals surface area contributed by atoms with Crippen molar-refractivity contribution in [2.45, 2.75) is 25.7 Å². The number of rotatable bonds is 7. The second-order valence-electron chi connectivity index (χ2n) is 4.77. The van der Waals surface area contributed by atoms with E-state index in [2.05, 4.69) is 24.3 Å². The molecule has 1 heterocycles. The van der Waals surface area contributed by atoms with Crippen molar-refractivity contribution < 1.29 is 4.74 Å². The van der Waals surface area contributed by atoms with Gasteiger partial charge in [0.15, 0.2) is 0 Å². The number of piperidine rings is 1. The van der Waals surface area contributed by atoms with Crippen molar-refractivity contribution in [3.05, 3.63) is 0 Å². The van der Waals surface area contributed by atoms with E-state index in [0.717, 1.165) is 25.7 Å². The summed E-state index contributed by atoms with van der Waals surface area (Å²) in [5.41, 5.74) is 0. The second kappa shape index (κ2) is 8.08. The molecule has 0 aromatic heterocycles. The minimum absolute atomic E-state index is 0.871. The van der Waals surface area contributed by atoms with Gasteiger partial charge in [0, 0.05) is 13.2 Å². The zero-order valence-electron chi connectivity index (χ0n) is 10.3. The maximum atomic E-state index is 5.57. The summed E-state index contributed by atoms with van der Waals surface area (Å²) in [7, 11) is 4.16. The van der Waals surface area contributed by atoms with Crippen LogP contribution >= 0.6 is 0 Å². The molecule has 3 heteroatoms. The Morgan fingerprint density at radius 3 is 2.87 bits per heavy atom. The molecule has 1 rings (SSSR count). The molecule has 0 amide bonds. The minimum Gasteiger partial charge on any atom is -0.380 e. The quantitative estimate of drug-likeness (QED) is 0.647. The summed E-state index contributed by atoms with van der Waals surface area (Å²) in [5, 5.41) is 3.45. The normalized spacial score (nSPS) is 22.2. The average Bonchev–Trinajstić information content (AvgIpc) is 2.24. The largest absolute Gasteiger partial charge is 0.380 e. The SMILES string of the molecule is CN(C)CCOCCCC1CCCNC1. The Kier molecular flexibility index (Phi) is 6.98. The summed E-state index contributed by atoms with van der Waals surface area (Å²) < 4.78 is 5.57. The summed E-state index contributed by atoms with van der Waals surface area (Å²) in [6, 6.07) is 0. The molecular weight excluding hydrogens is 188 g/mol. The molecule has 1 fully saturated rings. The fourth-order valence-electron chi connectivity index (χ4n) is 1.99. The maximum Gasteiger partial charge on any atom is 0.0593 e. The van der Waals surface area contributed by atoms with E-state index >= 15 is 0 Å². The van der Waals surface area contributed by atoms with Gasteiger partial charge in [0.1, 0.15) is 0 Å². The molecule has 15 heavy (non-hydrogen) atoms. The second-order valence-corrected chi connectivity index (χ2v) is 4.77. The van der Waals surface area contributed by atoms with Crippen molar-refractivity contribution in [3.8, 4) is 0 Å². The summed E-state index contributed by atoms with van der Waals surface area (Å²) in [6.45, 7) is 5.28. The summed E-state index contributed by atoms with van der Waals surface area (Å²) in [4.78, 5) is 2.16. The third-order valence-corrected chi connectivity index (χ3v) is 2.98. The van der Waals surface area contributed by atoms with Crippen LogP contribution in [0.15, 0.2) is 0 Å². The van der Waals surface area contributed by atoms with Crippen LogP contribution in [0.25, 0.3) is 0 Å². The molecule has 0 aliphatic carbocycles. The Morgan fingerprint density at radius 2 is 2.20 bits per heavy atom. The monoisotopic (exact) mass is 214 g/mol. The Hall–Kier alpha value is -0.120. The number of likely N-dealkylation sites (N-methyl/N-ethyl adjacent to an activating group) is 1. The highest BCUT2D eigenvalue weighted by atomic mass is 16.5. The molecule has 1 N–H and O–H groups in total. The van der Waals surface area contributed by atoms with Crippen LogP contribution in [0, 0.1) is 5.92 Å². The Labute approximate surface area is 94.2 Å². The Morgan fingerprint density at radius 1 is 1.33 bits per heavy atom. The van der Waals surface area contributed by atoms with Crippen LogP contribution in [-0.4, -0.2) is 51.8 Å². The molecule has 0 bridgehead atoms. The highest BCUT2D eigenvalue weighted by Crippen LogP contribution is 2.15. The molecule has 90 valence electrons. The number of ether oxygens (including phenoxy) is 1. The van der Waals surface area contributed by atoms with Gasteiger partial charge in [-0.3, -0.25) is 0 Å². The molecule has 3 nitrogen and oxygen atoms in total. The van der Waals surface area contributed by atoms with Gasteiger partial charge < -0.3 is 15.0 Å². The van der Waals surface area contributed by atoms with E-state index in [9.17, 15) is 0 Å². The van der Waals surface area contributed by atoms with Crippen molar-refractivity contribution in [3.63, 3.8) is 0 Å². The van der Waals surface area contributed by atoms with E-state index in [-0.39, 0.29) is 0 Å². The Balaban J connectivity index is 1.83. The van der Waals surface area contributed by atoms with E-state index in [1.807, 2.05) is 0 Å². The molecule has 1 atom stereocenters. The molecular formula is C12H26N2O. The van der Waals surface area contributed by atoms with Crippen molar-refractivity contribution in [2.24, 2.45) is 5.92 Å². The molecule has 1 aliphatic rings. The van der Waals surface area contributed by atoms with E-state index in [1.54, 1.807) is 0 Å². The fourth-order valence-corrected chi connectivity index (χ4v) is 1.99. The predicted molar refractivity (Wildman–Crippen MR) is 64.2 cm³/mol. The Bertz CT molecular complexity index is 145. The van der Waals surface area contributed by atoms with Gasteiger partial charge in [0.25, 0.3) is 0 Å². The number of hydrogen-bond donors (Lipinski definition) is 1. The first-order valence-electron chi connectivity index (χ1n) is 6.22. The zero-order chi connectivity index (χ0) is 10.9. The summed E-state index contributed by atoms with van der Waals surface area (Å²) in [6.07, 6.45) is 5.31. The molecule has 1 unspecified atom stereocenters. The van der Waals surface area contributed by atoms with Crippen LogP contribution in [0.1, 0.15) is 25.7 Å². The molecule has 1 aliphatic heterocycles. The van der Waals surface area contributed by atoms with Crippen LogP contribution in [0.3, 0.4) is 0 Å². The van der Waals surface area contributed by atoms with Gasteiger partial charge in [-0.05, 0) is 58.8 Å². The van der Waals surface area contributed by atoms with E-state index in [0.29, 0.717) is 0 Å². The molecule has 0 saturated carbocycles. The highest BCUT2D eigenvalue weighted by molar-refractivity contribution is 4.68. The van der Waals surface area contributed by atoms with Gasteiger partial charge in [-0.15, -0.1) is 0 Å². The first-order valence-corrected chi connectivity index (χ1v) is 6.22. The van der Waals surface area contributed by atoms with E-state index < -0.39 is 0 Å². The summed E-state index contributed by atoms with van der Waals surface area (Å²) in [5.74, 6) is 0.899. The fraction of sp³-hybridized carbons (Fsp3) is 1.00. The number of nitrogens with zero attached hydrogens (tertiary/aromatic N) is 1. The molecule has 1 saturated heterocycles. The van der Waals surface area contributed by atoms with Crippen LogP contribution in [-0.2, 0) is 4.74 Å². The molecule has 0 spiro atoms. The van der Waals surface area contributed by atoms with Crippen molar-refractivity contribution in [1.82, 2.24) is 10.2 Å². The van der Waals surface area contributed by atoms with Crippen LogP contribution in [0.4, 0.5) is 0 Å². The van der Waals surface area contributed by atoms with Crippen LogP contribution in [0.2, 0.25) is 0 Å². The third kappa shape index (κ3) is 6.88. The van der Waals surface area contributed by atoms with Gasteiger partial charge in [-0.2, -0.15) is 0 Å². The zero-order valence-corrected chi connectivity index (χ0v) is 10.3. The number of nitrogens with one attached hydrogen (secondary N) is 1. The minimum atomic E-state index is 0.871. The first-order chi connectivity index (χ1) is 7.29. The number of hydrogen-bond acceptors (Lipinski definition) is 3.